The van der Waals surface area contributed by atoms with E-state index in [4.69, 9.17) is 0 Å². The van der Waals surface area contributed by atoms with Crippen LogP contribution in [0.15, 0.2) is 18.2 Å². The van der Waals surface area contributed by atoms with Gasteiger partial charge in [0.05, 0.1) is 5.92 Å². The van der Waals surface area contributed by atoms with E-state index in [0.717, 1.165) is 26.1 Å². The second kappa shape index (κ2) is 6.76. The molecule has 1 amide bonds. The molecule has 100 valence electrons. The fraction of sp³-hybridized carbons (Fsp3) is 0.500. The normalized spacial score (nSPS) is 14.6. The number of halogens is 1. The van der Waals surface area contributed by atoms with Crippen molar-refractivity contribution >= 4 is 18.3 Å². The highest BCUT2D eigenvalue weighted by Gasteiger charge is 2.23. The highest BCUT2D eigenvalue weighted by atomic mass is 35.5. The van der Waals surface area contributed by atoms with Crippen LogP contribution in [0, 0.1) is 19.8 Å². The summed E-state index contributed by atoms with van der Waals surface area (Å²) in [6.07, 6.45) is 0.911. The van der Waals surface area contributed by atoms with Crippen molar-refractivity contribution in [1.82, 2.24) is 10.6 Å². The fourth-order valence-electron chi connectivity index (χ4n) is 2.16. The molecule has 0 aromatic heterocycles. The molecular formula is C14H21ClN2O. The van der Waals surface area contributed by atoms with Gasteiger partial charge < -0.3 is 10.6 Å². The summed E-state index contributed by atoms with van der Waals surface area (Å²) in [5, 5.41) is 6.10. The predicted octanol–water partition coefficient (Wildman–Crippen LogP) is 1.60. The lowest BCUT2D eigenvalue weighted by Gasteiger charge is -2.25. The van der Waals surface area contributed by atoms with Gasteiger partial charge in [-0.25, -0.2) is 0 Å². The zero-order chi connectivity index (χ0) is 12.3. The van der Waals surface area contributed by atoms with Crippen LogP contribution in [-0.4, -0.2) is 25.5 Å². The summed E-state index contributed by atoms with van der Waals surface area (Å²) in [6, 6.07) is 6.54. The summed E-state index contributed by atoms with van der Waals surface area (Å²) in [7, 11) is 0. The van der Waals surface area contributed by atoms with Gasteiger partial charge in [-0.3, -0.25) is 4.79 Å². The van der Waals surface area contributed by atoms with Gasteiger partial charge in [0.2, 0.25) is 5.91 Å². The van der Waals surface area contributed by atoms with Crippen LogP contribution in [0.2, 0.25) is 0 Å². The topological polar surface area (TPSA) is 41.1 Å². The van der Waals surface area contributed by atoms with Crippen molar-refractivity contribution in [2.24, 2.45) is 5.92 Å². The van der Waals surface area contributed by atoms with Crippen LogP contribution in [0.5, 0.6) is 0 Å². The van der Waals surface area contributed by atoms with Crippen LogP contribution < -0.4 is 10.6 Å². The van der Waals surface area contributed by atoms with E-state index in [2.05, 4.69) is 42.7 Å². The standard InChI is InChI=1S/C14H20N2O.ClH/c1-10-5-11(2)7-12(6-10)3-4-16-14(17)13-8-15-9-13;/h5-7,13,15H,3-4,8-9H2,1-2H3,(H,16,17);1H. The third-order valence-corrected chi connectivity index (χ3v) is 3.15. The van der Waals surface area contributed by atoms with Crippen molar-refractivity contribution in [3.63, 3.8) is 0 Å². The van der Waals surface area contributed by atoms with E-state index in [1.54, 1.807) is 0 Å². The summed E-state index contributed by atoms with van der Waals surface area (Å²) in [4.78, 5) is 11.6. The molecule has 2 rings (SSSR count). The third-order valence-electron chi connectivity index (χ3n) is 3.15. The molecule has 0 saturated carbocycles. The van der Waals surface area contributed by atoms with Crippen molar-refractivity contribution in [3.05, 3.63) is 34.9 Å². The van der Waals surface area contributed by atoms with Gasteiger partial charge in [0.15, 0.2) is 0 Å². The van der Waals surface area contributed by atoms with Crippen molar-refractivity contribution in [3.8, 4) is 0 Å². The maximum absolute atomic E-state index is 11.6. The minimum Gasteiger partial charge on any atom is -0.355 e. The molecule has 0 radical (unpaired) electrons. The summed E-state index contributed by atoms with van der Waals surface area (Å²) in [6.45, 7) is 6.60. The Morgan fingerprint density at radius 2 is 1.89 bits per heavy atom. The Labute approximate surface area is 115 Å². The monoisotopic (exact) mass is 268 g/mol. The Hall–Kier alpha value is -1.06. The number of carbonyl (C=O) groups excluding carboxylic acids is 1. The Bertz CT molecular complexity index is 396. The van der Waals surface area contributed by atoms with Crippen LogP contribution in [0.3, 0.4) is 0 Å². The molecule has 0 unspecified atom stereocenters. The van der Waals surface area contributed by atoms with Gasteiger partial charge in [-0.15, -0.1) is 12.4 Å². The van der Waals surface area contributed by atoms with E-state index in [0.29, 0.717) is 0 Å². The minimum absolute atomic E-state index is 0. The fourth-order valence-corrected chi connectivity index (χ4v) is 2.16. The second-order valence-corrected chi connectivity index (χ2v) is 4.89. The van der Waals surface area contributed by atoms with Crippen LogP contribution in [0.1, 0.15) is 16.7 Å². The first-order chi connectivity index (χ1) is 8.15. The van der Waals surface area contributed by atoms with Crippen LogP contribution in [0.4, 0.5) is 0 Å². The predicted molar refractivity (Wildman–Crippen MR) is 76.2 cm³/mol. The lowest BCUT2D eigenvalue weighted by Crippen LogP contribution is -2.51. The molecule has 2 N–H and O–H groups in total. The first kappa shape index (κ1) is 15.0. The van der Waals surface area contributed by atoms with Gasteiger partial charge in [0, 0.05) is 19.6 Å². The summed E-state index contributed by atoms with van der Waals surface area (Å²) in [5.41, 5.74) is 3.87. The van der Waals surface area contributed by atoms with E-state index in [9.17, 15) is 4.79 Å². The Kier molecular flexibility index (Phi) is 5.63. The molecule has 1 heterocycles. The number of aryl methyl sites for hydroxylation is 2. The van der Waals surface area contributed by atoms with E-state index < -0.39 is 0 Å². The molecule has 1 fully saturated rings. The summed E-state index contributed by atoms with van der Waals surface area (Å²) >= 11 is 0. The van der Waals surface area contributed by atoms with E-state index in [1.807, 2.05) is 0 Å². The molecule has 0 atom stereocenters. The molecule has 4 heteroatoms. The molecule has 3 nitrogen and oxygen atoms in total. The summed E-state index contributed by atoms with van der Waals surface area (Å²) in [5.74, 6) is 0.377. The molecule has 0 aliphatic carbocycles. The maximum atomic E-state index is 11.6. The smallest absolute Gasteiger partial charge is 0.225 e. The number of hydrogen-bond donors (Lipinski definition) is 2. The molecule has 18 heavy (non-hydrogen) atoms. The summed E-state index contributed by atoms with van der Waals surface area (Å²) < 4.78 is 0. The highest BCUT2D eigenvalue weighted by molar-refractivity contribution is 5.85. The second-order valence-electron chi connectivity index (χ2n) is 4.89. The number of nitrogens with one attached hydrogen (secondary N) is 2. The van der Waals surface area contributed by atoms with Crippen LogP contribution in [-0.2, 0) is 11.2 Å². The zero-order valence-electron chi connectivity index (χ0n) is 11.0. The first-order valence-electron chi connectivity index (χ1n) is 6.21. The van der Waals surface area contributed by atoms with Crippen molar-refractivity contribution in [1.29, 1.82) is 0 Å². The molecule has 1 aromatic rings. The van der Waals surface area contributed by atoms with Gasteiger partial charge in [-0.2, -0.15) is 0 Å². The Morgan fingerprint density at radius 3 is 2.39 bits per heavy atom. The van der Waals surface area contributed by atoms with Crippen molar-refractivity contribution in [2.75, 3.05) is 19.6 Å². The quantitative estimate of drug-likeness (QED) is 0.871. The SMILES string of the molecule is Cc1cc(C)cc(CCNC(=O)C2CNC2)c1.Cl. The number of amides is 1. The lowest BCUT2D eigenvalue weighted by molar-refractivity contribution is -0.126. The average Bonchev–Trinajstić information content (AvgIpc) is 2.12. The van der Waals surface area contributed by atoms with E-state index in [-0.39, 0.29) is 24.2 Å². The van der Waals surface area contributed by atoms with Crippen LogP contribution >= 0.6 is 12.4 Å². The Morgan fingerprint density at radius 1 is 1.28 bits per heavy atom. The van der Waals surface area contributed by atoms with Gasteiger partial charge in [0.25, 0.3) is 0 Å². The molecule has 1 aliphatic rings. The van der Waals surface area contributed by atoms with E-state index in [1.165, 1.54) is 16.7 Å². The Balaban J connectivity index is 0.00000162. The molecule has 1 aliphatic heterocycles. The van der Waals surface area contributed by atoms with Gasteiger partial charge in [0.1, 0.15) is 0 Å². The largest absolute Gasteiger partial charge is 0.355 e. The molecular weight excluding hydrogens is 248 g/mol. The van der Waals surface area contributed by atoms with Gasteiger partial charge in [-0.1, -0.05) is 29.3 Å². The number of benzene rings is 1. The molecule has 0 bridgehead atoms. The van der Waals surface area contributed by atoms with Gasteiger partial charge in [-0.05, 0) is 25.8 Å². The number of hydrogen-bond acceptors (Lipinski definition) is 2. The highest BCUT2D eigenvalue weighted by Crippen LogP contribution is 2.09. The average molecular weight is 269 g/mol. The first-order valence-corrected chi connectivity index (χ1v) is 6.21. The minimum atomic E-state index is 0. The molecule has 1 aromatic carbocycles. The lowest BCUT2D eigenvalue weighted by atomic mass is 10.0. The number of rotatable bonds is 4. The molecule has 1 saturated heterocycles. The van der Waals surface area contributed by atoms with Crippen LogP contribution in [0.25, 0.3) is 0 Å². The van der Waals surface area contributed by atoms with E-state index >= 15 is 0 Å². The number of carbonyl (C=O) groups is 1. The van der Waals surface area contributed by atoms with Gasteiger partial charge >= 0.3 is 0 Å². The van der Waals surface area contributed by atoms with Crippen molar-refractivity contribution < 1.29 is 4.79 Å². The maximum Gasteiger partial charge on any atom is 0.225 e. The zero-order valence-corrected chi connectivity index (χ0v) is 11.8. The van der Waals surface area contributed by atoms with Crippen molar-refractivity contribution in [2.45, 2.75) is 20.3 Å². The third kappa shape index (κ3) is 4.00. The molecule has 0 spiro atoms.